The number of ether oxygens (including phenoxy) is 1. The van der Waals surface area contributed by atoms with Gasteiger partial charge < -0.3 is 15.8 Å². The number of nitrogens with one attached hydrogen (secondary N) is 1. The smallest absolute Gasteiger partial charge is 0.239 e. The fraction of sp³-hybridized carbons (Fsp3) is 0.929. The van der Waals surface area contributed by atoms with Gasteiger partial charge in [0, 0.05) is 0 Å². The van der Waals surface area contributed by atoms with E-state index in [1.807, 2.05) is 6.92 Å². The van der Waals surface area contributed by atoms with Crippen molar-refractivity contribution in [1.29, 1.82) is 0 Å². The predicted octanol–water partition coefficient (Wildman–Crippen LogP) is 1.83. The molecule has 0 radical (unpaired) electrons. The van der Waals surface area contributed by atoms with Crippen molar-refractivity contribution in [3.63, 3.8) is 0 Å². The molecule has 0 bridgehead atoms. The van der Waals surface area contributed by atoms with Gasteiger partial charge in [0.15, 0.2) is 0 Å². The van der Waals surface area contributed by atoms with Crippen molar-refractivity contribution < 1.29 is 9.53 Å². The lowest BCUT2D eigenvalue weighted by Crippen LogP contribution is -2.57. The lowest BCUT2D eigenvalue weighted by Gasteiger charge is -2.33. The largest absolute Gasteiger partial charge is 0.375 e. The van der Waals surface area contributed by atoms with E-state index in [0.717, 1.165) is 19.4 Å². The van der Waals surface area contributed by atoms with E-state index in [1.165, 1.54) is 19.3 Å². The van der Waals surface area contributed by atoms with Crippen molar-refractivity contribution in [3.8, 4) is 0 Å². The highest BCUT2D eigenvalue weighted by molar-refractivity contribution is 5.84. The van der Waals surface area contributed by atoms with Crippen LogP contribution in [0.3, 0.4) is 0 Å². The number of primary amides is 1. The Hall–Kier alpha value is -0.610. The van der Waals surface area contributed by atoms with Gasteiger partial charge in [-0.3, -0.25) is 4.79 Å². The standard InChI is InChI=1S/C14H28N2O2/c1-4-9-16-14(3,13(15)17)10-18-12-8-6-5-7-11(12)2/h11-12,16H,4-10H2,1-3H3,(H2,15,17). The minimum atomic E-state index is -0.743. The van der Waals surface area contributed by atoms with Crippen LogP contribution in [-0.4, -0.2) is 30.7 Å². The van der Waals surface area contributed by atoms with Crippen molar-refractivity contribution >= 4 is 5.91 Å². The van der Waals surface area contributed by atoms with Crippen LogP contribution in [0.4, 0.5) is 0 Å². The highest BCUT2D eigenvalue weighted by Gasteiger charge is 2.33. The summed E-state index contributed by atoms with van der Waals surface area (Å²) in [6.07, 6.45) is 6.10. The highest BCUT2D eigenvalue weighted by atomic mass is 16.5. The summed E-state index contributed by atoms with van der Waals surface area (Å²) in [6.45, 7) is 7.28. The molecule has 0 spiro atoms. The van der Waals surface area contributed by atoms with Gasteiger partial charge in [0.25, 0.3) is 0 Å². The molecule has 1 saturated carbocycles. The third-order valence-corrected chi connectivity index (χ3v) is 3.93. The SMILES string of the molecule is CCCNC(C)(COC1CCCCC1C)C(N)=O. The fourth-order valence-corrected chi connectivity index (χ4v) is 2.41. The van der Waals surface area contributed by atoms with Crippen LogP contribution in [0.25, 0.3) is 0 Å². The lowest BCUT2D eigenvalue weighted by molar-refractivity contribution is -0.128. The van der Waals surface area contributed by atoms with Gasteiger partial charge in [0.05, 0.1) is 12.7 Å². The maximum Gasteiger partial charge on any atom is 0.239 e. The summed E-state index contributed by atoms with van der Waals surface area (Å²) in [5, 5.41) is 3.20. The Kier molecular flexibility index (Phi) is 6.09. The average Bonchev–Trinajstić information content (AvgIpc) is 2.35. The second-order valence-electron chi connectivity index (χ2n) is 5.73. The Balaban J connectivity index is 2.48. The zero-order valence-corrected chi connectivity index (χ0v) is 12.0. The molecule has 3 unspecified atom stereocenters. The monoisotopic (exact) mass is 256 g/mol. The molecule has 0 aromatic carbocycles. The molecule has 0 aromatic heterocycles. The molecule has 3 N–H and O–H groups in total. The van der Waals surface area contributed by atoms with Crippen LogP contribution in [0.5, 0.6) is 0 Å². The summed E-state index contributed by atoms with van der Waals surface area (Å²) >= 11 is 0. The number of hydrogen-bond donors (Lipinski definition) is 2. The summed E-state index contributed by atoms with van der Waals surface area (Å²) in [7, 11) is 0. The molecule has 18 heavy (non-hydrogen) atoms. The second kappa shape index (κ2) is 7.10. The zero-order valence-electron chi connectivity index (χ0n) is 12.0. The van der Waals surface area contributed by atoms with Crippen LogP contribution in [0.1, 0.15) is 52.9 Å². The second-order valence-corrected chi connectivity index (χ2v) is 5.73. The van der Waals surface area contributed by atoms with Crippen molar-refractivity contribution in [2.45, 2.75) is 64.5 Å². The summed E-state index contributed by atoms with van der Waals surface area (Å²) in [5.41, 5.74) is 4.74. The van der Waals surface area contributed by atoms with Gasteiger partial charge in [-0.05, 0) is 38.6 Å². The van der Waals surface area contributed by atoms with E-state index in [2.05, 4.69) is 19.2 Å². The summed E-state index contributed by atoms with van der Waals surface area (Å²) in [5.74, 6) is 0.251. The molecule has 0 heterocycles. The van der Waals surface area contributed by atoms with Gasteiger partial charge >= 0.3 is 0 Å². The van der Waals surface area contributed by atoms with Gasteiger partial charge in [0.1, 0.15) is 5.54 Å². The molecular formula is C14H28N2O2. The Morgan fingerprint density at radius 3 is 2.67 bits per heavy atom. The number of nitrogens with two attached hydrogens (primary N) is 1. The first-order valence-electron chi connectivity index (χ1n) is 7.16. The molecule has 0 aromatic rings. The van der Waals surface area contributed by atoms with E-state index >= 15 is 0 Å². The van der Waals surface area contributed by atoms with Gasteiger partial charge in [-0.25, -0.2) is 0 Å². The third kappa shape index (κ3) is 4.25. The van der Waals surface area contributed by atoms with Gasteiger partial charge in [0.2, 0.25) is 5.91 Å². The molecule has 4 heteroatoms. The first kappa shape index (κ1) is 15.4. The maximum atomic E-state index is 11.6. The van der Waals surface area contributed by atoms with Crippen LogP contribution < -0.4 is 11.1 Å². The van der Waals surface area contributed by atoms with Crippen LogP contribution >= 0.6 is 0 Å². The van der Waals surface area contributed by atoms with E-state index in [9.17, 15) is 4.79 Å². The topological polar surface area (TPSA) is 64.3 Å². The van der Waals surface area contributed by atoms with Crippen LogP contribution in [0.15, 0.2) is 0 Å². The van der Waals surface area contributed by atoms with Crippen molar-refractivity contribution in [3.05, 3.63) is 0 Å². The molecule has 1 aliphatic rings. The van der Waals surface area contributed by atoms with Gasteiger partial charge in [-0.15, -0.1) is 0 Å². The first-order valence-corrected chi connectivity index (χ1v) is 7.16. The van der Waals surface area contributed by atoms with Crippen molar-refractivity contribution in [1.82, 2.24) is 5.32 Å². The fourth-order valence-electron chi connectivity index (χ4n) is 2.41. The van der Waals surface area contributed by atoms with E-state index in [0.29, 0.717) is 12.5 Å². The zero-order chi connectivity index (χ0) is 13.6. The quantitative estimate of drug-likeness (QED) is 0.730. The average molecular weight is 256 g/mol. The molecule has 1 fully saturated rings. The van der Waals surface area contributed by atoms with Crippen LogP contribution in [0.2, 0.25) is 0 Å². The van der Waals surface area contributed by atoms with E-state index in [4.69, 9.17) is 10.5 Å². The minimum Gasteiger partial charge on any atom is -0.375 e. The Morgan fingerprint density at radius 2 is 2.11 bits per heavy atom. The molecule has 1 rings (SSSR count). The van der Waals surface area contributed by atoms with E-state index in [-0.39, 0.29) is 12.0 Å². The normalized spacial score (nSPS) is 27.7. The molecule has 0 saturated heterocycles. The Bertz CT molecular complexity index is 271. The third-order valence-electron chi connectivity index (χ3n) is 3.93. The number of hydrogen-bond acceptors (Lipinski definition) is 3. The number of rotatable bonds is 7. The van der Waals surface area contributed by atoms with Crippen LogP contribution in [0, 0.1) is 5.92 Å². The van der Waals surface area contributed by atoms with E-state index in [1.54, 1.807) is 0 Å². The molecule has 0 aliphatic heterocycles. The van der Waals surface area contributed by atoms with Gasteiger partial charge in [-0.2, -0.15) is 0 Å². The number of carbonyl (C=O) groups is 1. The van der Waals surface area contributed by atoms with Crippen molar-refractivity contribution in [2.24, 2.45) is 11.7 Å². The summed E-state index contributed by atoms with van der Waals surface area (Å²) in [6, 6.07) is 0. The summed E-state index contributed by atoms with van der Waals surface area (Å²) < 4.78 is 5.96. The van der Waals surface area contributed by atoms with Crippen LogP contribution in [-0.2, 0) is 9.53 Å². The summed E-state index contributed by atoms with van der Waals surface area (Å²) in [4.78, 5) is 11.6. The Morgan fingerprint density at radius 1 is 1.44 bits per heavy atom. The molecular weight excluding hydrogens is 228 g/mol. The van der Waals surface area contributed by atoms with Crippen molar-refractivity contribution in [2.75, 3.05) is 13.2 Å². The maximum absolute atomic E-state index is 11.6. The predicted molar refractivity (Wildman–Crippen MR) is 73.3 cm³/mol. The molecule has 3 atom stereocenters. The number of amides is 1. The molecule has 1 aliphatic carbocycles. The number of carbonyl (C=O) groups excluding carboxylic acids is 1. The lowest BCUT2D eigenvalue weighted by atomic mass is 9.88. The molecule has 106 valence electrons. The first-order chi connectivity index (χ1) is 8.49. The van der Waals surface area contributed by atoms with E-state index < -0.39 is 5.54 Å². The highest BCUT2D eigenvalue weighted by Crippen LogP contribution is 2.26. The molecule has 4 nitrogen and oxygen atoms in total. The Labute approximate surface area is 111 Å². The minimum absolute atomic E-state index is 0.279. The van der Waals surface area contributed by atoms with Gasteiger partial charge in [-0.1, -0.05) is 26.7 Å². The molecule has 1 amide bonds.